The van der Waals surface area contributed by atoms with Crippen LogP contribution < -0.4 is 10.6 Å². The number of rotatable bonds is 7. The summed E-state index contributed by atoms with van der Waals surface area (Å²) in [6.07, 6.45) is 5.38. The number of benzene rings is 1. The van der Waals surface area contributed by atoms with E-state index in [0.717, 1.165) is 5.56 Å². The summed E-state index contributed by atoms with van der Waals surface area (Å²) < 4.78 is 5.78. The molecule has 1 aromatic heterocycles. The van der Waals surface area contributed by atoms with E-state index < -0.39 is 18.2 Å². The fourth-order valence-electron chi connectivity index (χ4n) is 2.97. The molecule has 0 bridgehead atoms. The number of amides is 2. The quantitative estimate of drug-likeness (QED) is 0.563. The zero-order valence-corrected chi connectivity index (χ0v) is 17.4. The third-order valence-corrected chi connectivity index (χ3v) is 5.28. The Kier molecular flexibility index (Phi) is 7.81. The van der Waals surface area contributed by atoms with Gasteiger partial charge in [-0.2, -0.15) is 0 Å². The summed E-state index contributed by atoms with van der Waals surface area (Å²) in [5, 5.41) is 16.1. The second kappa shape index (κ2) is 10.5. The zero-order valence-electron chi connectivity index (χ0n) is 15.9. The van der Waals surface area contributed by atoms with E-state index in [1.54, 1.807) is 48.7 Å². The SMILES string of the molecule is O=C(C[C@@H]1C=C[C@@H](NC(=O)c2cccnc2)[C@@H](CO)O1)NCc1ccc(Cl)c(Cl)c1. The van der Waals surface area contributed by atoms with Crippen molar-refractivity contribution in [2.24, 2.45) is 0 Å². The number of nitrogens with zero attached hydrogens (tertiary/aromatic N) is 1. The van der Waals surface area contributed by atoms with Gasteiger partial charge in [0.15, 0.2) is 0 Å². The molecule has 30 heavy (non-hydrogen) atoms. The monoisotopic (exact) mass is 449 g/mol. The highest BCUT2D eigenvalue weighted by Gasteiger charge is 2.29. The molecule has 9 heteroatoms. The number of pyridine rings is 1. The van der Waals surface area contributed by atoms with Crippen molar-refractivity contribution in [3.63, 3.8) is 0 Å². The molecule has 0 spiro atoms. The lowest BCUT2D eigenvalue weighted by Crippen LogP contribution is -2.49. The van der Waals surface area contributed by atoms with E-state index >= 15 is 0 Å². The van der Waals surface area contributed by atoms with Crippen LogP contribution in [0.1, 0.15) is 22.3 Å². The van der Waals surface area contributed by atoms with Crippen molar-refractivity contribution in [1.82, 2.24) is 15.6 Å². The van der Waals surface area contributed by atoms with Gasteiger partial charge in [-0.3, -0.25) is 14.6 Å². The highest BCUT2D eigenvalue weighted by atomic mass is 35.5. The first kappa shape index (κ1) is 22.2. The average molecular weight is 450 g/mol. The molecule has 2 amide bonds. The number of ether oxygens (including phenoxy) is 1. The van der Waals surface area contributed by atoms with E-state index in [2.05, 4.69) is 15.6 Å². The molecule has 0 aliphatic carbocycles. The molecule has 3 atom stereocenters. The van der Waals surface area contributed by atoms with Gasteiger partial charge in [0.05, 0.1) is 40.8 Å². The van der Waals surface area contributed by atoms with E-state index in [1.165, 1.54) is 6.20 Å². The Morgan fingerprint density at radius 3 is 2.70 bits per heavy atom. The number of aromatic nitrogens is 1. The highest BCUT2D eigenvalue weighted by molar-refractivity contribution is 6.42. The van der Waals surface area contributed by atoms with E-state index in [9.17, 15) is 14.7 Å². The van der Waals surface area contributed by atoms with Crippen LogP contribution in [0.3, 0.4) is 0 Å². The summed E-state index contributed by atoms with van der Waals surface area (Å²) in [4.78, 5) is 28.5. The number of hydrogen-bond acceptors (Lipinski definition) is 5. The number of aliphatic hydroxyl groups is 1. The lowest BCUT2D eigenvalue weighted by atomic mass is 10.0. The molecule has 0 saturated carbocycles. The fraction of sp³-hybridized carbons (Fsp3) is 0.286. The van der Waals surface area contributed by atoms with Gasteiger partial charge in [0.1, 0.15) is 6.10 Å². The lowest BCUT2D eigenvalue weighted by Gasteiger charge is -2.31. The Balaban J connectivity index is 1.52. The molecule has 0 unspecified atom stereocenters. The molecule has 2 heterocycles. The van der Waals surface area contributed by atoms with Crippen molar-refractivity contribution in [2.75, 3.05) is 6.61 Å². The maximum Gasteiger partial charge on any atom is 0.253 e. The number of hydrogen-bond donors (Lipinski definition) is 3. The van der Waals surface area contributed by atoms with Gasteiger partial charge < -0.3 is 20.5 Å². The van der Waals surface area contributed by atoms with Gasteiger partial charge in [-0.1, -0.05) is 41.4 Å². The third-order valence-electron chi connectivity index (χ3n) is 4.54. The van der Waals surface area contributed by atoms with Gasteiger partial charge in [0.25, 0.3) is 5.91 Å². The van der Waals surface area contributed by atoms with Crippen molar-refractivity contribution < 1.29 is 19.4 Å². The predicted molar refractivity (Wildman–Crippen MR) is 113 cm³/mol. The predicted octanol–water partition coefficient (Wildman–Crippen LogP) is 2.51. The Bertz CT molecular complexity index is 924. The first-order valence-electron chi connectivity index (χ1n) is 9.32. The summed E-state index contributed by atoms with van der Waals surface area (Å²) in [6.45, 7) is 0.00307. The third kappa shape index (κ3) is 6.03. The van der Waals surface area contributed by atoms with Crippen LogP contribution in [0.4, 0.5) is 0 Å². The molecular formula is C21H21Cl2N3O4. The molecule has 0 fully saturated rings. The van der Waals surface area contributed by atoms with Crippen LogP contribution in [0.25, 0.3) is 0 Å². The van der Waals surface area contributed by atoms with Crippen molar-refractivity contribution >= 4 is 35.0 Å². The minimum atomic E-state index is -0.663. The fourth-order valence-corrected chi connectivity index (χ4v) is 3.29. The molecule has 7 nitrogen and oxygen atoms in total. The van der Waals surface area contributed by atoms with Gasteiger partial charge in [-0.15, -0.1) is 0 Å². The minimum absolute atomic E-state index is 0.0809. The molecule has 1 aliphatic heterocycles. The molecule has 3 N–H and O–H groups in total. The Morgan fingerprint density at radius 2 is 2.00 bits per heavy atom. The number of aliphatic hydroxyl groups excluding tert-OH is 1. The second-order valence-corrected chi connectivity index (χ2v) is 7.57. The smallest absolute Gasteiger partial charge is 0.253 e. The summed E-state index contributed by atoms with van der Waals surface area (Å²) in [6, 6.07) is 7.94. The Hall–Kier alpha value is -2.45. The summed E-state index contributed by atoms with van der Waals surface area (Å²) >= 11 is 11.9. The molecule has 158 valence electrons. The van der Waals surface area contributed by atoms with Crippen molar-refractivity contribution in [3.8, 4) is 0 Å². The molecule has 2 aromatic rings. The largest absolute Gasteiger partial charge is 0.394 e. The number of carbonyl (C=O) groups is 2. The maximum absolute atomic E-state index is 12.3. The van der Waals surface area contributed by atoms with Crippen LogP contribution in [-0.2, 0) is 16.1 Å². The molecule has 1 aromatic carbocycles. The Morgan fingerprint density at radius 1 is 1.17 bits per heavy atom. The minimum Gasteiger partial charge on any atom is -0.394 e. The first-order chi connectivity index (χ1) is 14.5. The molecular weight excluding hydrogens is 429 g/mol. The van der Waals surface area contributed by atoms with E-state index in [1.807, 2.05) is 0 Å². The van der Waals surface area contributed by atoms with Gasteiger partial charge in [0, 0.05) is 18.9 Å². The van der Waals surface area contributed by atoms with Crippen LogP contribution in [0.5, 0.6) is 0 Å². The maximum atomic E-state index is 12.3. The van der Waals surface area contributed by atoms with E-state index in [4.69, 9.17) is 27.9 Å². The summed E-state index contributed by atoms with van der Waals surface area (Å²) in [7, 11) is 0. The Labute approximate surface area is 184 Å². The van der Waals surface area contributed by atoms with Crippen molar-refractivity contribution in [2.45, 2.75) is 31.2 Å². The van der Waals surface area contributed by atoms with Crippen LogP contribution in [-0.4, -0.2) is 46.8 Å². The standard InChI is InChI=1S/C21H21Cl2N3O4/c22-16-5-3-13(8-17(16)23)10-25-20(28)9-15-4-6-18(19(12-27)30-15)26-21(29)14-2-1-7-24-11-14/h1-8,11,15,18-19,27H,9-10,12H2,(H,25,28)(H,26,29)/t15-,18+,19+/m0/s1. The number of halogens is 2. The van der Waals surface area contributed by atoms with Crippen molar-refractivity contribution in [1.29, 1.82) is 0 Å². The van der Waals surface area contributed by atoms with Crippen LogP contribution in [0, 0.1) is 0 Å². The summed E-state index contributed by atoms with van der Waals surface area (Å²) in [5.74, 6) is -0.539. The molecule has 0 saturated heterocycles. The molecule has 3 rings (SSSR count). The normalized spacial score (nSPS) is 20.6. The van der Waals surface area contributed by atoms with Crippen LogP contribution >= 0.6 is 23.2 Å². The number of carbonyl (C=O) groups excluding carboxylic acids is 2. The molecule has 1 aliphatic rings. The average Bonchev–Trinajstić information content (AvgIpc) is 2.76. The van der Waals surface area contributed by atoms with Gasteiger partial charge >= 0.3 is 0 Å². The van der Waals surface area contributed by atoms with Gasteiger partial charge in [-0.05, 0) is 29.8 Å². The van der Waals surface area contributed by atoms with Crippen molar-refractivity contribution in [3.05, 3.63) is 76.0 Å². The van der Waals surface area contributed by atoms with E-state index in [-0.39, 0.29) is 24.8 Å². The number of nitrogens with one attached hydrogen (secondary N) is 2. The lowest BCUT2D eigenvalue weighted by molar-refractivity contribution is -0.125. The van der Waals surface area contributed by atoms with Gasteiger partial charge in [0.2, 0.25) is 5.91 Å². The van der Waals surface area contributed by atoms with Gasteiger partial charge in [-0.25, -0.2) is 0 Å². The summed E-state index contributed by atoms with van der Waals surface area (Å²) in [5.41, 5.74) is 1.23. The van der Waals surface area contributed by atoms with Crippen LogP contribution in [0.15, 0.2) is 54.9 Å². The zero-order chi connectivity index (χ0) is 21.5. The first-order valence-corrected chi connectivity index (χ1v) is 10.1. The van der Waals surface area contributed by atoms with E-state index in [0.29, 0.717) is 22.2 Å². The molecule has 0 radical (unpaired) electrons. The second-order valence-electron chi connectivity index (χ2n) is 6.75. The highest BCUT2D eigenvalue weighted by Crippen LogP contribution is 2.22. The van der Waals surface area contributed by atoms with Crippen LogP contribution in [0.2, 0.25) is 10.0 Å². The topological polar surface area (TPSA) is 101 Å².